The molecule has 1 amide bonds. The first kappa shape index (κ1) is 21.2. The number of nitrogens with zero attached hydrogens (tertiary/aromatic N) is 2. The number of carbonyl (C=O) groups is 1. The van der Waals surface area contributed by atoms with Gasteiger partial charge in [-0.3, -0.25) is 9.69 Å². The highest BCUT2D eigenvalue weighted by atomic mass is 35.5. The fourth-order valence-corrected chi connectivity index (χ4v) is 3.68. The van der Waals surface area contributed by atoms with Crippen LogP contribution in [0.1, 0.15) is 24.8 Å². The fourth-order valence-electron chi connectivity index (χ4n) is 3.68. The summed E-state index contributed by atoms with van der Waals surface area (Å²) in [4.78, 5) is 17.2. The van der Waals surface area contributed by atoms with E-state index in [0.29, 0.717) is 11.9 Å². The van der Waals surface area contributed by atoms with Crippen LogP contribution in [0.3, 0.4) is 0 Å². The van der Waals surface area contributed by atoms with E-state index in [1.807, 2.05) is 11.9 Å². The highest BCUT2D eigenvalue weighted by Crippen LogP contribution is 2.22. The molecule has 6 heteroatoms. The van der Waals surface area contributed by atoms with Crippen LogP contribution in [-0.2, 0) is 11.3 Å². The van der Waals surface area contributed by atoms with Crippen molar-refractivity contribution in [2.75, 3.05) is 33.2 Å². The average molecular weight is 374 g/mol. The molecule has 0 spiro atoms. The van der Waals surface area contributed by atoms with Crippen LogP contribution in [0.15, 0.2) is 30.3 Å². The molecule has 3 rings (SSSR count). The maximum atomic E-state index is 12.8. The minimum atomic E-state index is 0. The van der Waals surface area contributed by atoms with Crippen molar-refractivity contribution < 1.29 is 4.79 Å². The number of likely N-dealkylation sites (tertiary alicyclic amines) is 1. The van der Waals surface area contributed by atoms with Gasteiger partial charge in [0.05, 0.1) is 5.92 Å². The number of nitrogens with one attached hydrogen (secondary N) is 1. The average Bonchev–Trinajstić information content (AvgIpc) is 3.09. The van der Waals surface area contributed by atoms with Gasteiger partial charge in [0.25, 0.3) is 0 Å². The van der Waals surface area contributed by atoms with Gasteiger partial charge in [-0.05, 0) is 37.9 Å². The molecule has 0 radical (unpaired) electrons. The molecule has 0 saturated carbocycles. The standard InChI is InChI=1S/C18H27N3O.2ClH/c1-20(17-9-10-19-12-17)18(22)16-8-5-11-21(14-16)13-15-6-3-2-4-7-15;;/h2-4,6-7,16-17,19H,5,8-14H2,1H3;2*1H. The van der Waals surface area contributed by atoms with Gasteiger partial charge in [-0.25, -0.2) is 0 Å². The molecule has 0 bridgehead atoms. The molecule has 2 aliphatic heterocycles. The molecular formula is C18H29Cl2N3O. The van der Waals surface area contributed by atoms with E-state index in [2.05, 4.69) is 40.5 Å². The molecule has 2 saturated heterocycles. The van der Waals surface area contributed by atoms with Gasteiger partial charge < -0.3 is 10.2 Å². The van der Waals surface area contributed by atoms with Crippen molar-refractivity contribution in [3.05, 3.63) is 35.9 Å². The molecule has 0 aliphatic carbocycles. The molecule has 2 unspecified atom stereocenters. The number of benzene rings is 1. The molecule has 136 valence electrons. The Morgan fingerprint density at radius 2 is 2.00 bits per heavy atom. The second-order valence-electron chi connectivity index (χ2n) is 6.66. The summed E-state index contributed by atoms with van der Waals surface area (Å²) in [5, 5.41) is 3.35. The lowest BCUT2D eigenvalue weighted by Crippen LogP contribution is -2.47. The van der Waals surface area contributed by atoms with Crippen LogP contribution in [-0.4, -0.2) is 55.0 Å². The van der Waals surface area contributed by atoms with E-state index in [4.69, 9.17) is 0 Å². The molecule has 1 aromatic carbocycles. The molecular weight excluding hydrogens is 345 g/mol. The van der Waals surface area contributed by atoms with E-state index in [0.717, 1.165) is 52.0 Å². The van der Waals surface area contributed by atoms with Crippen LogP contribution in [0.4, 0.5) is 0 Å². The first-order chi connectivity index (χ1) is 10.7. The predicted molar refractivity (Wildman–Crippen MR) is 103 cm³/mol. The van der Waals surface area contributed by atoms with Gasteiger partial charge in [0.15, 0.2) is 0 Å². The molecule has 24 heavy (non-hydrogen) atoms. The molecule has 2 aliphatic rings. The van der Waals surface area contributed by atoms with E-state index in [1.54, 1.807) is 0 Å². The number of piperidine rings is 1. The Bertz CT molecular complexity index is 494. The molecule has 0 aromatic heterocycles. The van der Waals surface area contributed by atoms with Crippen molar-refractivity contribution in [3.8, 4) is 0 Å². The molecule has 4 nitrogen and oxygen atoms in total. The number of likely N-dealkylation sites (N-methyl/N-ethyl adjacent to an activating group) is 1. The Hall–Kier alpha value is -0.810. The number of rotatable bonds is 4. The summed E-state index contributed by atoms with van der Waals surface area (Å²) in [5.41, 5.74) is 1.34. The summed E-state index contributed by atoms with van der Waals surface area (Å²) < 4.78 is 0. The molecule has 2 fully saturated rings. The second kappa shape index (κ2) is 10.2. The lowest BCUT2D eigenvalue weighted by molar-refractivity contribution is -0.137. The van der Waals surface area contributed by atoms with Gasteiger partial charge in [0, 0.05) is 32.7 Å². The van der Waals surface area contributed by atoms with Gasteiger partial charge in [-0.2, -0.15) is 0 Å². The quantitative estimate of drug-likeness (QED) is 0.880. The normalized spacial score (nSPS) is 23.9. The van der Waals surface area contributed by atoms with Gasteiger partial charge >= 0.3 is 0 Å². The third-order valence-electron chi connectivity index (χ3n) is 5.03. The van der Waals surface area contributed by atoms with Crippen molar-refractivity contribution >= 4 is 30.7 Å². The third kappa shape index (κ3) is 5.35. The van der Waals surface area contributed by atoms with Gasteiger partial charge in [-0.15, -0.1) is 24.8 Å². The number of amides is 1. The Morgan fingerprint density at radius 3 is 2.67 bits per heavy atom. The van der Waals surface area contributed by atoms with Gasteiger partial charge in [0.1, 0.15) is 0 Å². The monoisotopic (exact) mass is 373 g/mol. The van der Waals surface area contributed by atoms with Crippen molar-refractivity contribution in [3.63, 3.8) is 0 Å². The van der Waals surface area contributed by atoms with E-state index >= 15 is 0 Å². The highest BCUT2D eigenvalue weighted by molar-refractivity contribution is 5.85. The molecule has 2 atom stereocenters. The number of hydrogen-bond acceptors (Lipinski definition) is 3. The topological polar surface area (TPSA) is 35.6 Å². The Labute approximate surface area is 157 Å². The van der Waals surface area contributed by atoms with Crippen LogP contribution in [0.25, 0.3) is 0 Å². The number of carbonyl (C=O) groups excluding carboxylic acids is 1. The Morgan fingerprint density at radius 1 is 1.25 bits per heavy atom. The van der Waals surface area contributed by atoms with E-state index in [-0.39, 0.29) is 30.7 Å². The zero-order chi connectivity index (χ0) is 15.4. The van der Waals surface area contributed by atoms with Crippen molar-refractivity contribution in [2.45, 2.75) is 31.8 Å². The lowest BCUT2D eigenvalue weighted by Gasteiger charge is -2.35. The van der Waals surface area contributed by atoms with Crippen LogP contribution in [0.2, 0.25) is 0 Å². The first-order valence-corrected chi connectivity index (χ1v) is 8.47. The minimum Gasteiger partial charge on any atom is -0.341 e. The largest absolute Gasteiger partial charge is 0.341 e. The summed E-state index contributed by atoms with van der Waals surface area (Å²) in [6.07, 6.45) is 3.25. The third-order valence-corrected chi connectivity index (χ3v) is 5.03. The summed E-state index contributed by atoms with van der Waals surface area (Å²) in [6.45, 7) is 4.95. The second-order valence-corrected chi connectivity index (χ2v) is 6.66. The van der Waals surface area contributed by atoms with Crippen LogP contribution < -0.4 is 5.32 Å². The summed E-state index contributed by atoms with van der Waals surface area (Å²) >= 11 is 0. The summed E-state index contributed by atoms with van der Waals surface area (Å²) in [5.74, 6) is 0.509. The van der Waals surface area contributed by atoms with E-state index in [1.165, 1.54) is 5.56 Å². The maximum Gasteiger partial charge on any atom is 0.227 e. The first-order valence-electron chi connectivity index (χ1n) is 8.47. The highest BCUT2D eigenvalue weighted by Gasteiger charge is 2.31. The van der Waals surface area contributed by atoms with Crippen molar-refractivity contribution in [1.82, 2.24) is 15.1 Å². The van der Waals surface area contributed by atoms with E-state index < -0.39 is 0 Å². The Kier molecular flexibility index (Phi) is 9.06. The molecule has 1 aromatic rings. The zero-order valence-corrected chi connectivity index (χ0v) is 16.0. The smallest absolute Gasteiger partial charge is 0.227 e. The SMILES string of the molecule is CN(C(=O)C1CCCN(Cc2ccccc2)C1)C1CCNC1.Cl.Cl. The minimum absolute atomic E-state index is 0. The number of hydrogen-bond donors (Lipinski definition) is 1. The maximum absolute atomic E-state index is 12.8. The predicted octanol–water partition coefficient (Wildman–Crippen LogP) is 2.56. The molecule has 1 N–H and O–H groups in total. The van der Waals surface area contributed by atoms with Crippen molar-refractivity contribution in [2.24, 2.45) is 5.92 Å². The number of halogens is 2. The van der Waals surface area contributed by atoms with E-state index in [9.17, 15) is 4.79 Å². The lowest BCUT2D eigenvalue weighted by atomic mass is 9.95. The van der Waals surface area contributed by atoms with Crippen molar-refractivity contribution in [1.29, 1.82) is 0 Å². The summed E-state index contributed by atoms with van der Waals surface area (Å²) in [6, 6.07) is 10.9. The molecule has 2 heterocycles. The van der Waals surface area contributed by atoms with Gasteiger partial charge in [0.2, 0.25) is 5.91 Å². The van der Waals surface area contributed by atoms with Gasteiger partial charge in [-0.1, -0.05) is 30.3 Å². The van der Waals surface area contributed by atoms with Crippen LogP contribution >= 0.6 is 24.8 Å². The zero-order valence-electron chi connectivity index (χ0n) is 14.3. The fraction of sp³-hybridized carbons (Fsp3) is 0.611. The van der Waals surface area contributed by atoms with Crippen LogP contribution in [0.5, 0.6) is 0 Å². The summed E-state index contributed by atoms with van der Waals surface area (Å²) in [7, 11) is 1.98. The Balaban J connectivity index is 0.00000144. The van der Waals surface area contributed by atoms with Crippen LogP contribution in [0, 0.1) is 5.92 Å².